The lowest BCUT2D eigenvalue weighted by Gasteiger charge is -2.27. The first kappa shape index (κ1) is 25.6. The van der Waals surface area contributed by atoms with Gasteiger partial charge in [-0.25, -0.2) is 4.79 Å². The first-order valence-corrected chi connectivity index (χ1v) is 11.2. The fourth-order valence-electron chi connectivity index (χ4n) is 3.20. The molecule has 1 aromatic carbocycles. The van der Waals surface area contributed by atoms with E-state index in [1.54, 1.807) is 18.3 Å². The molecule has 1 heterocycles. The number of carbonyl (C=O) groups is 1. The molecule has 0 fully saturated rings. The Kier molecular flexibility index (Phi) is 9.42. The van der Waals surface area contributed by atoms with Gasteiger partial charge in [0.2, 0.25) is 0 Å². The van der Waals surface area contributed by atoms with Crippen LogP contribution in [-0.4, -0.2) is 61.0 Å². The molecule has 0 aliphatic carbocycles. The molecule has 0 saturated heterocycles. The monoisotopic (exact) mass is 438 g/mol. The lowest BCUT2D eigenvalue weighted by molar-refractivity contribution is 0.0734. The Labute approximate surface area is 193 Å². The zero-order valence-electron chi connectivity index (χ0n) is 20.4. The van der Waals surface area contributed by atoms with Crippen LogP contribution >= 0.6 is 0 Å². The number of hydrogen-bond donors (Lipinski definition) is 1. The molecular weight excluding hydrogens is 400 g/mol. The Morgan fingerprint density at radius 3 is 2.41 bits per heavy atom. The number of rotatable bonds is 11. The van der Waals surface area contributed by atoms with Crippen molar-refractivity contribution < 1.29 is 9.53 Å². The Bertz CT molecular complexity index is 885. The zero-order valence-corrected chi connectivity index (χ0v) is 20.4. The molecule has 2 aromatic rings. The minimum atomic E-state index is -0.387. The van der Waals surface area contributed by atoms with Gasteiger partial charge in [-0.3, -0.25) is 4.98 Å². The van der Waals surface area contributed by atoms with Crippen molar-refractivity contribution >= 4 is 5.97 Å². The summed E-state index contributed by atoms with van der Waals surface area (Å²) >= 11 is 0. The molecule has 1 aromatic heterocycles. The summed E-state index contributed by atoms with van der Waals surface area (Å²) in [5.74, 6) is 0.149. The van der Waals surface area contributed by atoms with Crippen molar-refractivity contribution in [1.29, 1.82) is 0 Å². The molecule has 6 heteroatoms. The molecule has 2 rings (SSSR count). The van der Waals surface area contributed by atoms with Crippen molar-refractivity contribution in [3.05, 3.63) is 71.7 Å². The van der Waals surface area contributed by atoms with E-state index in [0.717, 1.165) is 31.0 Å². The summed E-state index contributed by atoms with van der Waals surface area (Å²) in [6.45, 7) is 16.9. The number of pyridine rings is 1. The van der Waals surface area contributed by atoms with Gasteiger partial charge in [0.15, 0.2) is 0 Å². The quantitative estimate of drug-likeness (QED) is 0.421. The van der Waals surface area contributed by atoms with Crippen molar-refractivity contribution in [3.8, 4) is 5.75 Å². The number of ether oxygens (including phenoxy) is 1. The van der Waals surface area contributed by atoms with Crippen molar-refractivity contribution in [2.45, 2.75) is 39.7 Å². The first-order valence-electron chi connectivity index (χ1n) is 11.2. The van der Waals surface area contributed by atoms with Gasteiger partial charge in [-0.1, -0.05) is 39.5 Å². The van der Waals surface area contributed by atoms with Crippen LogP contribution in [0.5, 0.6) is 5.75 Å². The van der Waals surface area contributed by atoms with Crippen LogP contribution in [0, 0.1) is 0 Å². The zero-order chi connectivity index (χ0) is 23.7. The molecule has 32 heavy (non-hydrogen) atoms. The van der Waals surface area contributed by atoms with Gasteiger partial charge in [-0.15, -0.1) is 0 Å². The summed E-state index contributed by atoms with van der Waals surface area (Å²) in [5.41, 5.74) is 3.56. The molecule has 0 bridgehead atoms. The third-order valence-electron chi connectivity index (χ3n) is 5.26. The maximum Gasteiger partial charge on any atom is 0.343 e. The molecule has 0 saturated carbocycles. The molecule has 0 aliphatic rings. The second-order valence-corrected chi connectivity index (χ2v) is 9.25. The molecule has 0 spiro atoms. The number of likely N-dealkylation sites (N-methyl/N-ethyl adjacent to an activating group) is 2. The minimum Gasteiger partial charge on any atom is -0.423 e. The minimum absolute atomic E-state index is 0.0569. The Morgan fingerprint density at radius 2 is 1.81 bits per heavy atom. The lowest BCUT2D eigenvalue weighted by Crippen LogP contribution is -2.34. The van der Waals surface area contributed by atoms with Crippen LogP contribution in [0.2, 0.25) is 0 Å². The maximum atomic E-state index is 12.6. The molecule has 0 unspecified atom stereocenters. The van der Waals surface area contributed by atoms with Crippen molar-refractivity contribution in [3.63, 3.8) is 0 Å². The summed E-state index contributed by atoms with van der Waals surface area (Å²) < 4.78 is 5.55. The molecule has 174 valence electrons. The van der Waals surface area contributed by atoms with E-state index >= 15 is 0 Å². The highest BCUT2D eigenvalue weighted by atomic mass is 16.5. The second-order valence-electron chi connectivity index (χ2n) is 9.25. The van der Waals surface area contributed by atoms with E-state index in [2.05, 4.69) is 68.5 Å². The number of carbonyl (C=O) groups excluding carboxylic acids is 1. The fraction of sp³-hybridized carbons (Fsp3) is 0.462. The van der Waals surface area contributed by atoms with Gasteiger partial charge in [-0.2, -0.15) is 0 Å². The summed E-state index contributed by atoms with van der Waals surface area (Å²) in [6, 6.07) is 11.1. The predicted molar refractivity (Wildman–Crippen MR) is 131 cm³/mol. The predicted octanol–water partition coefficient (Wildman–Crippen LogP) is 4.09. The van der Waals surface area contributed by atoms with E-state index in [-0.39, 0.29) is 11.4 Å². The van der Waals surface area contributed by atoms with E-state index in [0.29, 0.717) is 24.4 Å². The average molecular weight is 439 g/mol. The molecule has 0 amide bonds. The smallest absolute Gasteiger partial charge is 0.343 e. The van der Waals surface area contributed by atoms with Crippen LogP contribution in [0.15, 0.2) is 54.9 Å². The topological polar surface area (TPSA) is 57.7 Å². The Balaban J connectivity index is 1.90. The Hall–Kier alpha value is -2.70. The van der Waals surface area contributed by atoms with Gasteiger partial charge in [0.1, 0.15) is 5.75 Å². The van der Waals surface area contributed by atoms with Crippen LogP contribution in [0.25, 0.3) is 0 Å². The normalized spacial score (nSPS) is 11.5. The number of benzene rings is 1. The van der Waals surface area contributed by atoms with Gasteiger partial charge in [-0.05, 0) is 56.3 Å². The number of aromatic nitrogens is 1. The SMILES string of the molecule is C=C(CNCc1cc(C(=O)Oc2ccc(C(C)(C)C)cc2)ccn1)N(CC)CCN(C)C. The fourth-order valence-corrected chi connectivity index (χ4v) is 3.20. The number of nitrogens with one attached hydrogen (secondary N) is 1. The number of hydrogen-bond acceptors (Lipinski definition) is 6. The summed E-state index contributed by atoms with van der Waals surface area (Å²) in [6.07, 6.45) is 1.64. The van der Waals surface area contributed by atoms with Crippen LogP contribution in [-0.2, 0) is 12.0 Å². The highest BCUT2D eigenvalue weighted by Gasteiger charge is 2.15. The highest BCUT2D eigenvalue weighted by Crippen LogP contribution is 2.24. The third kappa shape index (κ3) is 8.09. The number of nitrogens with zero attached hydrogens (tertiary/aromatic N) is 3. The summed E-state index contributed by atoms with van der Waals surface area (Å²) in [5, 5.41) is 3.37. The molecule has 0 aliphatic heterocycles. The lowest BCUT2D eigenvalue weighted by atomic mass is 9.87. The largest absolute Gasteiger partial charge is 0.423 e. The molecule has 6 nitrogen and oxygen atoms in total. The highest BCUT2D eigenvalue weighted by molar-refractivity contribution is 5.91. The molecule has 0 radical (unpaired) electrons. The van der Waals surface area contributed by atoms with E-state index in [4.69, 9.17) is 4.74 Å². The summed E-state index contributed by atoms with van der Waals surface area (Å²) in [7, 11) is 4.14. The average Bonchev–Trinajstić information content (AvgIpc) is 2.74. The van der Waals surface area contributed by atoms with Gasteiger partial charge >= 0.3 is 5.97 Å². The molecule has 1 N–H and O–H groups in total. The van der Waals surface area contributed by atoms with Crippen LogP contribution < -0.4 is 10.1 Å². The Morgan fingerprint density at radius 1 is 1.12 bits per heavy atom. The van der Waals surface area contributed by atoms with Gasteiger partial charge in [0.05, 0.1) is 11.3 Å². The van der Waals surface area contributed by atoms with Crippen LogP contribution in [0.1, 0.15) is 49.3 Å². The standard InChI is InChI=1S/C26H38N4O2/c1-8-30(16-15-29(6)7)20(2)18-27-19-23-17-21(13-14-28-23)25(31)32-24-11-9-22(10-12-24)26(3,4)5/h9-14,17,27H,2,8,15-16,18-19H2,1,3-7H3. The maximum absolute atomic E-state index is 12.6. The van der Waals surface area contributed by atoms with Crippen molar-refractivity contribution in [1.82, 2.24) is 20.1 Å². The number of esters is 1. The summed E-state index contributed by atoms with van der Waals surface area (Å²) in [4.78, 5) is 21.4. The molecular formula is C26H38N4O2. The molecule has 0 atom stereocenters. The van der Waals surface area contributed by atoms with Crippen LogP contribution in [0.3, 0.4) is 0 Å². The van der Waals surface area contributed by atoms with E-state index in [9.17, 15) is 4.79 Å². The second kappa shape index (κ2) is 11.8. The third-order valence-corrected chi connectivity index (χ3v) is 5.26. The van der Waals surface area contributed by atoms with E-state index in [1.165, 1.54) is 5.56 Å². The van der Waals surface area contributed by atoms with Crippen molar-refractivity contribution in [2.75, 3.05) is 40.3 Å². The van der Waals surface area contributed by atoms with Crippen LogP contribution in [0.4, 0.5) is 0 Å². The van der Waals surface area contributed by atoms with Gasteiger partial charge in [0, 0.05) is 44.6 Å². The van der Waals surface area contributed by atoms with E-state index in [1.807, 2.05) is 24.3 Å². The van der Waals surface area contributed by atoms with Crippen molar-refractivity contribution in [2.24, 2.45) is 0 Å². The van der Waals surface area contributed by atoms with Gasteiger partial charge < -0.3 is 19.9 Å². The van der Waals surface area contributed by atoms with Gasteiger partial charge in [0.25, 0.3) is 0 Å². The first-order chi connectivity index (χ1) is 15.1. The van der Waals surface area contributed by atoms with E-state index < -0.39 is 0 Å².